The lowest BCUT2D eigenvalue weighted by Gasteiger charge is -2.18. The molecule has 2 N–H and O–H groups in total. The fourth-order valence-corrected chi connectivity index (χ4v) is 4.19. The van der Waals surface area contributed by atoms with E-state index in [4.69, 9.17) is 5.11 Å². The number of thiophene rings is 1. The average Bonchev–Trinajstić information content (AvgIpc) is 2.85. The largest absolute Gasteiger partial charge is 0.395 e. The summed E-state index contributed by atoms with van der Waals surface area (Å²) in [6, 6.07) is 1.68. The molecule has 0 aliphatic heterocycles. The van der Waals surface area contributed by atoms with Gasteiger partial charge in [0.1, 0.15) is 0 Å². The predicted octanol–water partition coefficient (Wildman–Crippen LogP) is 1.03. The van der Waals surface area contributed by atoms with Crippen molar-refractivity contribution in [3.63, 3.8) is 0 Å². The Kier molecular flexibility index (Phi) is 6.67. The second kappa shape index (κ2) is 7.76. The van der Waals surface area contributed by atoms with Crippen molar-refractivity contribution in [3.8, 4) is 0 Å². The van der Waals surface area contributed by atoms with Gasteiger partial charge in [0.2, 0.25) is 10.0 Å². The maximum atomic E-state index is 12.4. The standard InChI is InChI=1S/C12H20N2O3S2/c1-3-5-14(6-7-15)19(16,17)12-8-11(18-10-12)9-13-4-2/h3,8,10,13,15H,1,4-7,9H2,2H3. The second-order valence-corrected chi connectivity index (χ2v) is 6.84. The highest BCUT2D eigenvalue weighted by molar-refractivity contribution is 7.89. The third-order valence-electron chi connectivity index (χ3n) is 2.50. The normalized spacial score (nSPS) is 11.9. The van der Waals surface area contributed by atoms with Crippen LogP contribution in [0.3, 0.4) is 0 Å². The van der Waals surface area contributed by atoms with Gasteiger partial charge >= 0.3 is 0 Å². The molecule has 0 aromatic carbocycles. The van der Waals surface area contributed by atoms with Gasteiger partial charge in [0.15, 0.2) is 0 Å². The fraction of sp³-hybridized carbons (Fsp3) is 0.500. The molecule has 7 heteroatoms. The highest BCUT2D eigenvalue weighted by Crippen LogP contribution is 2.22. The molecular formula is C12H20N2O3S2. The van der Waals surface area contributed by atoms with E-state index in [0.29, 0.717) is 6.54 Å². The molecular weight excluding hydrogens is 284 g/mol. The van der Waals surface area contributed by atoms with Crippen molar-refractivity contribution >= 4 is 21.4 Å². The van der Waals surface area contributed by atoms with E-state index >= 15 is 0 Å². The van der Waals surface area contributed by atoms with Crippen LogP contribution in [0, 0.1) is 0 Å². The minimum Gasteiger partial charge on any atom is -0.395 e. The van der Waals surface area contributed by atoms with Crippen LogP contribution >= 0.6 is 11.3 Å². The fourth-order valence-electron chi connectivity index (χ4n) is 1.55. The quantitative estimate of drug-likeness (QED) is 0.669. The zero-order valence-electron chi connectivity index (χ0n) is 11.0. The number of nitrogens with one attached hydrogen (secondary N) is 1. The Labute approximate surface area is 118 Å². The zero-order chi connectivity index (χ0) is 14.3. The summed E-state index contributed by atoms with van der Waals surface area (Å²) in [6.07, 6.45) is 1.51. The van der Waals surface area contributed by atoms with Gasteiger partial charge in [-0.2, -0.15) is 4.31 Å². The lowest BCUT2D eigenvalue weighted by atomic mass is 10.4. The van der Waals surface area contributed by atoms with Crippen LogP contribution in [0.1, 0.15) is 11.8 Å². The number of rotatable bonds is 9. The number of nitrogens with zero attached hydrogens (tertiary/aromatic N) is 1. The van der Waals surface area contributed by atoms with E-state index in [0.717, 1.165) is 11.4 Å². The molecule has 0 atom stereocenters. The number of aliphatic hydroxyl groups excluding tert-OH is 1. The van der Waals surface area contributed by atoms with Crippen molar-refractivity contribution in [1.82, 2.24) is 9.62 Å². The van der Waals surface area contributed by atoms with Crippen molar-refractivity contribution in [2.75, 3.05) is 26.2 Å². The Morgan fingerprint density at radius 3 is 2.89 bits per heavy atom. The molecule has 19 heavy (non-hydrogen) atoms. The van der Waals surface area contributed by atoms with Crippen molar-refractivity contribution < 1.29 is 13.5 Å². The van der Waals surface area contributed by atoms with Gasteiger partial charge in [-0.3, -0.25) is 0 Å². The minimum atomic E-state index is -3.54. The molecule has 0 saturated heterocycles. The van der Waals surface area contributed by atoms with Crippen LogP contribution < -0.4 is 5.32 Å². The molecule has 1 aromatic heterocycles. The summed E-state index contributed by atoms with van der Waals surface area (Å²) in [7, 11) is -3.54. The Balaban J connectivity index is 2.90. The van der Waals surface area contributed by atoms with Crippen LogP contribution in [0.4, 0.5) is 0 Å². The Hall–Kier alpha value is -0.730. The monoisotopic (exact) mass is 304 g/mol. The van der Waals surface area contributed by atoms with Crippen LogP contribution in [0.25, 0.3) is 0 Å². The topological polar surface area (TPSA) is 69.6 Å². The SMILES string of the molecule is C=CCN(CCO)S(=O)(=O)c1csc(CNCC)c1. The van der Waals surface area contributed by atoms with Gasteiger partial charge in [0.25, 0.3) is 0 Å². The molecule has 5 nitrogen and oxygen atoms in total. The third-order valence-corrected chi connectivity index (χ3v) is 5.43. The highest BCUT2D eigenvalue weighted by atomic mass is 32.2. The maximum Gasteiger partial charge on any atom is 0.244 e. The Morgan fingerprint density at radius 2 is 2.32 bits per heavy atom. The van der Waals surface area contributed by atoms with E-state index in [2.05, 4.69) is 11.9 Å². The van der Waals surface area contributed by atoms with Gasteiger partial charge in [-0.05, 0) is 12.6 Å². The van der Waals surface area contributed by atoms with E-state index in [1.54, 1.807) is 11.4 Å². The third kappa shape index (κ3) is 4.39. The first kappa shape index (κ1) is 16.3. The summed E-state index contributed by atoms with van der Waals surface area (Å²) in [6.45, 7) is 7.11. The molecule has 1 aromatic rings. The van der Waals surface area contributed by atoms with Crippen LogP contribution in [-0.4, -0.2) is 44.1 Å². The molecule has 0 unspecified atom stereocenters. The first-order chi connectivity index (χ1) is 9.06. The zero-order valence-corrected chi connectivity index (χ0v) is 12.6. The second-order valence-electron chi connectivity index (χ2n) is 3.90. The Bertz CT molecular complexity index is 497. The van der Waals surface area contributed by atoms with E-state index in [-0.39, 0.29) is 24.6 Å². The molecule has 1 heterocycles. The molecule has 0 aliphatic rings. The molecule has 0 fully saturated rings. The van der Waals surface area contributed by atoms with Gasteiger partial charge < -0.3 is 10.4 Å². The molecule has 0 aliphatic carbocycles. The molecule has 1 rings (SSSR count). The lowest BCUT2D eigenvalue weighted by Crippen LogP contribution is -2.33. The van der Waals surface area contributed by atoms with Crippen LogP contribution in [0.2, 0.25) is 0 Å². The number of hydrogen-bond donors (Lipinski definition) is 2. The molecule has 108 valence electrons. The van der Waals surface area contributed by atoms with Gasteiger partial charge in [-0.1, -0.05) is 13.0 Å². The highest BCUT2D eigenvalue weighted by Gasteiger charge is 2.24. The smallest absolute Gasteiger partial charge is 0.244 e. The number of aliphatic hydroxyl groups is 1. The van der Waals surface area contributed by atoms with Crippen molar-refractivity contribution in [1.29, 1.82) is 0 Å². The lowest BCUT2D eigenvalue weighted by molar-refractivity contribution is 0.260. The first-order valence-corrected chi connectivity index (χ1v) is 8.38. The van der Waals surface area contributed by atoms with Crippen molar-refractivity contribution in [2.45, 2.75) is 18.4 Å². The molecule has 0 bridgehead atoms. The number of sulfonamides is 1. The molecule has 0 amide bonds. The van der Waals surface area contributed by atoms with Crippen molar-refractivity contribution in [3.05, 3.63) is 29.0 Å². The van der Waals surface area contributed by atoms with Crippen LogP contribution in [-0.2, 0) is 16.6 Å². The maximum absolute atomic E-state index is 12.4. The van der Waals surface area contributed by atoms with Gasteiger partial charge in [0, 0.05) is 29.9 Å². The average molecular weight is 304 g/mol. The van der Waals surface area contributed by atoms with Gasteiger partial charge in [-0.15, -0.1) is 17.9 Å². The summed E-state index contributed by atoms with van der Waals surface area (Å²) in [4.78, 5) is 1.25. The van der Waals surface area contributed by atoms with Crippen molar-refractivity contribution in [2.24, 2.45) is 0 Å². The molecule has 0 saturated carbocycles. The van der Waals surface area contributed by atoms with Crippen LogP contribution in [0.15, 0.2) is 29.0 Å². The van der Waals surface area contributed by atoms with Gasteiger partial charge in [0.05, 0.1) is 11.5 Å². The summed E-state index contributed by atoms with van der Waals surface area (Å²) < 4.78 is 25.9. The van der Waals surface area contributed by atoms with E-state index in [9.17, 15) is 8.42 Å². The summed E-state index contributed by atoms with van der Waals surface area (Å²) in [5.41, 5.74) is 0. The molecule has 0 spiro atoms. The van der Waals surface area contributed by atoms with Gasteiger partial charge in [-0.25, -0.2) is 8.42 Å². The molecule has 0 radical (unpaired) electrons. The summed E-state index contributed by atoms with van der Waals surface area (Å²) >= 11 is 1.41. The van der Waals surface area contributed by atoms with Crippen LogP contribution in [0.5, 0.6) is 0 Å². The van der Waals surface area contributed by atoms with E-state index < -0.39 is 10.0 Å². The summed E-state index contributed by atoms with van der Waals surface area (Å²) in [5, 5.41) is 13.7. The Morgan fingerprint density at radius 1 is 1.58 bits per heavy atom. The van der Waals surface area contributed by atoms with E-state index in [1.807, 2.05) is 6.92 Å². The van der Waals surface area contributed by atoms with E-state index in [1.165, 1.54) is 21.7 Å². The minimum absolute atomic E-state index is 0.0761. The number of hydrogen-bond acceptors (Lipinski definition) is 5. The first-order valence-electron chi connectivity index (χ1n) is 6.06. The predicted molar refractivity (Wildman–Crippen MR) is 77.7 cm³/mol. The summed E-state index contributed by atoms with van der Waals surface area (Å²) in [5.74, 6) is 0.